The lowest BCUT2D eigenvalue weighted by Gasteiger charge is -2.42. The van der Waals surface area contributed by atoms with Gasteiger partial charge >= 0.3 is 0 Å². The number of amides is 1. The zero-order valence-electron chi connectivity index (χ0n) is 14.5. The van der Waals surface area contributed by atoms with Gasteiger partial charge in [-0.05, 0) is 26.2 Å². The molecule has 3 aliphatic heterocycles. The van der Waals surface area contributed by atoms with Gasteiger partial charge in [0.15, 0.2) is 0 Å². The van der Waals surface area contributed by atoms with Crippen LogP contribution in [-0.2, 0) is 11.3 Å². The number of hydrogen-bond donors (Lipinski definition) is 1. The summed E-state index contributed by atoms with van der Waals surface area (Å²) in [5.41, 5.74) is 0.965. The van der Waals surface area contributed by atoms with Gasteiger partial charge in [-0.2, -0.15) is 0 Å². The summed E-state index contributed by atoms with van der Waals surface area (Å²) in [6.07, 6.45) is 5.45. The Morgan fingerprint density at radius 3 is 2.62 bits per heavy atom. The first kappa shape index (κ1) is 15.8. The Labute approximate surface area is 142 Å². The Morgan fingerprint density at radius 1 is 1.29 bits per heavy atom. The summed E-state index contributed by atoms with van der Waals surface area (Å²) >= 11 is 0. The minimum absolute atomic E-state index is 0.123. The van der Waals surface area contributed by atoms with Crippen LogP contribution in [0.4, 0.5) is 0 Å². The highest BCUT2D eigenvalue weighted by atomic mass is 16.4. The normalized spacial score (nSPS) is 30.1. The Morgan fingerprint density at radius 2 is 2.08 bits per heavy atom. The van der Waals surface area contributed by atoms with Crippen molar-refractivity contribution in [3.63, 3.8) is 0 Å². The van der Waals surface area contributed by atoms with Crippen molar-refractivity contribution in [1.82, 2.24) is 20.1 Å². The molecule has 1 aromatic heterocycles. The second kappa shape index (κ2) is 6.33. The van der Waals surface area contributed by atoms with Crippen molar-refractivity contribution in [3.8, 4) is 0 Å². The largest absolute Gasteiger partial charge is 0.444 e. The monoisotopic (exact) mass is 330 g/mol. The van der Waals surface area contributed by atoms with Crippen molar-refractivity contribution < 1.29 is 9.21 Å². The van der Waals surface area contributed by atoms with E-state index in [1.807, 2.05) is 18.7 Å². The second-order valence-corrected chi connectivity index (χ2v) is 7.27. The van der Waals surface area contributed by atoms with Crippen LogP contribution in [0.25, 0.3) is 0 Å². The van der Waals surface area contributed by atoms with E-state index in [9.17, 15) is 4.79 Å². The zero-order chi connectivity index (χ0) is 16.7. The molecular weight excluding hydrogens is 304 g/mol. The number of rotatable bonds is 3. The molecule has 4 heterocycles. The number of nitrogens with one attached hydrogen (secondary N) is 1. The van der Waals surface area contributed by atoms with Crippen LogP contribution in [0.15, 0.2) is 16.6 Å². The summed E-state index contributed by atoms with van der Waals surface area (Å²) < 4.78 is 5.67. The molecule has 1 amide bonds. The number of aromatic nitrogens is 1. The number of aryl methyl sites for hydroxylation is 2. The highest BCUT2D eigenvalue weighted by Crippen LogP contribution is 2.30. The van der Waals surface area contributed by atoms with Gasteiger partial charge in [0.2, 0.25) is 11.8 Å². The number of carbonyl (C=O) groups is 1. The fraction of sp³-hybridized carbons (Fsp3) is 0.667. The average Bonchev–Trinajstić information content (AvgIpc) is 2.93. The summed E-state index contributed by atoms with van der Waals surface area (Å²) in [5.74, 6) is 2.65. The highest BCUT2D eigenvalue weighted by molar-refractivity contribution is 5.80. The smallest absolute Gasteiger partial charge is 0.227 e. The van der Waals surface area contributed by atoms with E-state index in [-0.39, 0.29) is 12.0 Å². The van der Waals surface area contributed by atoms with E-state index in [1.165, 1.54) is 0 Å². The van der Waals surface area contributed by atoms with E-state index in [4.69, 9.17) is 4.42 Å². The maximum atomic E-state index is 12.9. The number of oxazole rings is 1. The molecule has 0 aromatic carbocycles. The first-order valence-electron chi connectivity index (χ1n) is 8.96. The second-order valence-electron chi connectivity index (χ2n) is 7.27. The number of carbonyl (C=O) groups excluding carboxylic acids is 1. The molecule has 3 atom stereocenters. The molecule has 0 saturated carbocycles. The van der Waals surface area contributed by atoms with Crippen molar-refractivity contribution >= 4 is 5.91 Å². The predicted octanol–water partition coefficient (Wildman–Crippen LogP) is 1.10. The van der Waals surface area contributed by atoms with Crippen LogP contribution in [0.5, 0.6) is 0 Å². The van der Waals surface area contributed by atoms with E-state index in [0.717, 1.165) is 63.0 Å². The van der Waals surface area contributed by atoms with Gasteiger partial charge in [-0.25, -0.2) is 4.98 Å². The zero-order valence-corrected chi connectivity index (χ0v) is 14.5. The van der Waals surface area contributed by atoms with Gasteiger partial charge in [0.05, 0.1) is 18.2 Å². The van der Waals surface area contributed by atoms with E-state index in [1.54, 1.807) is 0 Å². The Hall–Kier alpha value is -1.66. The molecule has 0 unspecified atom stereocenters. The molecule has 24 heavy (non-hydrogen) atoms. The molecule has 5 rings (SSSR count). The molecular formula is C18H26N4O2. The summed E-state index contributed by atoms with van der Waals surface area (Å²) in [5, 5.41) is 3.47. The van der Waals surface area contributed by atoms with Gasteiger partial charge in [-0.15, -0.1) is 0 Å². The van der Waals surface area contributed by atoms with Crippen LogP contribution in [0, 0.1) is 25.7 Å². The lowest BCUT2D eigenvalue weighted by Crippen LogP contribution is -2.56. The predicted molar refractivity (Wildman–Crippen MR) is 90.4 cm³/mol. The van der Waals surface area contributed by atoms with Crippen molar-refractivity contribution in [2.24, 2.45) is 11.8 Å². The summed E-state index contributed by atoms with van der Waals surface area (Å²) in [7, 11) is 0. The SMILES string of the molecule is Cc1nc(CN2CCN(C(=O)[C@H]3C[C@H]4C=C[C@H]3NC4)CC2)oc1C. The molecule has 1 aromatic rings. The molecule has 4 aliphatic rings. The minimum atomic E-state index is 0.123. The van der Waals surface area contributed by atoms with Gasteiger partial charge in [-0.3, -0.25) is 9.69 Å². The van der Waals surface area contributed by atoms with Crippen LogP contribution in [0.2, 0.25) is 0 Å². The number of piperidine rings is 1. The van der Waals surface area contributed by atoms with Crippen LogP contribution < -0.4 is 5.32 Å². The number of fused-ring (bicyclic) bond motifs is 2. The third-order valence-corrected chi connectivity index (χ3v) is 5.63. The molecule has 1 N–H and O–H groups in total. The molecule has 6 heteroatoms. The molecule has 0 spiro atoms. The summed E-state index contributed by atoms with van der Waals surface area (Å²) in [6, 6.07) is 0.235. The van der Waals surface area contributed by atoms with Gasteiger partial charge in [0.1, 0.15) is 5.76 Å². The number of hydrogen-bond acceptors (Lipinski definition) is 5. The number of nitrogens with zero attached hydrogens (tertiary/aromatic N) is 3. The van der Waals surface area contributed by atoms with Crippen molar-refractivity contribution in [2.75, 3.05) is 32.7 Å². The van der Waals surface area contributed by atoms with Gasteiger partial charge in [0, 0.05) is 38.8 Å². The van der Waals surface area contributed by atoms with Crippen LogP contribution in [-0.4, -0.2) is 59.5 Å². The molecule has 0 radical (unpaired) electrons. The molecule has 6 nitrogen and oxygen atoms in total. The van der Waals surface area contributed by atoms with Crippen LogP contribution in [0.3, 0.4) is 0 Å². The topological polar surface area (TPSA) is 61.6 Å². The summed E-state index contributed by atoms with van der Waals surface area (Å²) in [6.45, 7) is 9.04. The fourth-order valence-electron chi connectivity index (χ4n) is 4.02. The van der Waals surface area contributed by atoms with Gasteiger partial charge in [0.25, 0.3) is 0 Å². The van der Waals surface area contributed by atoms with Gasteiger partial charge in [-0.1, -0.05) is 12.2 Å². The van der Waals surface area contributed by atoms with Crippen LogP contribution in [0.1, 0.15) is 23.8 Å². The standard InChI is InChI=1S/C18H26N4O2/c1-12-13(2)24-17(20-12)11-21-5-7-22(8-6-21)18(23)15-9-14-3-4-16(15)19-10-14/h3-4,14-16,19H,5-11H2,1-2H3/t14-,15+,16-/m1/s1. The molecule has 2 fully saturated rings. The molecule has 2 saturated heterocycles. The first-order chi connectivity index (χ1) is 11.6. The van der Waals surface area contributed by atoms with E-state index in [2.05, 4.69) is 27.4 Å². The Kier molecular flexibility index (Phi) is 4.18. The Balaban J connectivity index is 1.31. The maximum Gasteiger partial charge on any atom is 0.227 e. The van der Waals surface area contributed by atoms with Crippen molar-refractivity contribution in [2.45, 2.75) is 32.9 Å². The highest BCUT2D eigenvalue weighted by Gasteiger charge is 2.38. The lowest BCUT2D eigenvalue weighted by molar-refractivity contribution is -0.139. The van der Waals surface area contributed by atoms with E-state index < -0.39 is 0 Å². The van der Waals surface area contributed by atoms with E-state index in [0.29, 0.717) is 11.8 Å². The third-order valence-electron chi connectivity index (χ3n) is 5.63. The molecule has 1 aliphatic carbocycles. The Bertz CT molecular complexity index is 626. The maximum absolute atomic E-state index is 12.9. The first-order valence-corrected chi connectivity index (χ1v) is 8.96. The quantitative estimate of drug-likeness (QED) is 0.841. The van der Waals surface area contributed by atoms with Crippen molar-refractivity contribution in [3.05, 3.63) is 29.5 Å². The van der Waals surface area contributed by atoms with Crippen LogP contribution >= 0.6 is 0 Å². The minimum Gasteiger partial charge on any atom is -0.444 e. The summed E-state index contributed by atoms with van der Waals surface area (Å²) in [4.78, 5) is 21.7. The lowest BCUT2D eigenvalue weighted by atomic mass is 9.78. The molecule has 2 bridgehead atoms. The number of piperazine rings is 1. The average molecular weight is 330 g/mol. The van der Waals surface area contributed by atoms with E-state index >= 15 is 0 Å². The van der Waals surface area contributed by atoms with Gasteiger partial charge < -0.3 is 14.6 Å². The molecule has 130 valence electrons. The van der Waals surface area contributed by atoms with Crippen molar-refractivity contribution in [1.29, 1.82) is 0 Å². The third kappa shape index (κ3) is 3.00. The fourth-order valence-corrected chi connectivity index (χ4v) is 4.02.